The van der Waals surface area contributed by atoms with Gasteiger partial charge in [0.1, 0.15) is 0 Å². The van der Waals surface area contributed by atoms with Gasteiger partial charge in [-0.2, -0.15) is 18.3 Å². The molecule has 0 aromatic carbocycles. The number of halogens is 3. The monoisotopic (exact) mass is 464 g/mol. The Bertz CT molecular complexity index is 956. The Kier molecular flexibility index (Phi) is 4.74. The maximum Gasteiger partial charge on any atom is 0.419 e. The molecule has 0 bridgehead atoms. The largest absolute Gasteiger partial charge is 0.419 e. The molecule has 5 aliphatic rings. The van der Waals surface area contributed by atoms with Crippen LogP contribution >= 0.6 is 0 Å². The van der Waals surface area contributed by atoms with E-state index in [-0.39, 0.29) is 23.7 Å². The fraction of sp³-hybridized carbons (Fsp3) is 0.846. The number of fused-ring (bicyclic) bond motifs is 7. The molecule has 33 heavy (non-hydrogen) atoms. The van der Waals surface area contributed by atoms with E-state index in [1.807, 2.05) is 6.92 Å². The molecule has 1 N–H and O–H groups in total. The molecule has 1 aromatic heterocycles. The summed E-state index contributed by atoms with van der Waals surface area (Å²) >= 11 is 0. The highest BCUT2D eigenvalue weighted by atomic mass is 19.4. The molecule has 10 atom stereocenters. The number of carbonyl (C=O) groups excluding carboxylic acids is 1. The van der Waals surface area contributed by atoms with Gasteiger partial charge in [-0.3, -0.25) is 9.48 Å². The zero-order chi connectivity index (χ0) is 23.3. The maximum absolute atomic E-state index is 13.5. The third-order valence-electron chi connectivity index (χ3n) is 10.6. The van der Waals surface area contributed by atoms with Crippen molar-refractivity contribution in [3.63, 3.8) is 0 Å². The lowest BCUT2D eigenvalue weighted by molar-refractivity contribution is -0.138. The van der Waals surface area contributed by atoms with Crippen molar-refractivity contribution in [1.29, 1.82) is 0 Å². The number of aromatic nitrogens is 2. The Morgan fingerprint density at radius 2 is 1.85 bits per heavy atom. The number of hydrogen-bond acceptors (Lipinski definition) is 3. The number of hydrogen-bond donors (Lipinski definition) is 1. The fourth-order valence-corrected chi connectivity index (χ4v) is 9.51. The van der Waals surface area contributed by atoms with Crippen LogP contribution in [-0.2, 0) is 17.5 Å². The molecule has 5 saturated carbocycles. The second-order valence-corrected chi connectivity index (χ2v) is 12.6. The van der Waals surface area contributed by atoms with Crippen LogP contribution < -0.4 is 0 Å². The summed E-state index contributed by atoms with van der Waals surface area (Å²) in [6, 6.07) is 0. The first kappa shape index (κ1) is 22.1. The minimum Gasteiger partial charge on any atom is -0.390 e. The van der Waals surface area contributed by atoms with Gasteiger partial charge in [-0.25, -0.2) is 0 Å². The maximum atomic E-state index is 13.5. The van der Waals surface area contributed by atoms with Crippen LogP contribution in [0.5, 0.6) is 0 Å². The highest BCUT2D eigenvalue weighted by Crippen LogP contribution is 2.74. The number of Topliss-reactive ketones (excluding diaryl/α,β-unsaturated/α-hetero) is 1. The first-order valence-electron chi connectivity index (χ1n) is 12.8. The topological polar surface area (TPSA) is 55.1 Å². The Hall–Kier alpha value is -1.37. The van der Waals surface area contributed by atoms with Crippen LogP contribution in [-0.4, -0.2) is 26.3 Å². The molecular formula is C26H35F3N2O2. The van der Waals surface area contributed by atoms with Gasteiger partial charge in [0.25, 0.3) is 0 Å². The summed E-state index contributed by atoms with van der Waals surface area (Å²) in [5.41, 5.74) is -1.33. The van der Waals surface area contributed by atoms with E-state index in [1.165, 1.54) is 17.5 Å². The summed E-state index contributed by atoms with van der Waals surface area (Å²) in [5.74, 6) is 4.36. The number of nitrogens with zero attached hydrogens (tertiary/aromatic N) is 2. The van der Waals surface area contributed by atoms with Gasteiger partial charge in [-0.1, -0.05) is 6.92 Å². The highest BCUT2D eigenvalue weighted by molar-refractivity contribution is 5.83. The van der Waals surface area contributed by atoms with E-state index in [2.05, 4.69) is 12.0 Å². The normalized spacial score (nSPS) is 48.4. The summed E-state index contributed by atoms with van der Waals surface area (Å²) in [5, 5.41) is 14.4. The number of alkyl halides is 3. The number of ketones is 1. The van der Waals surface area contributed by atoms with Crippen molar-refractivity contribution in [1.82, 2.24) is 9.78 Å². The van der Waals surface area contributed by atoms with Crippen LogP contribution in [0.3, 0.4) is 0 Å². The third-order valence-corrected chi connectivity index (χ3v) is 10.6. The first-order chi connectivity index (χ1) is 15.5. The zero-order valence-corrected chi connectivity index (χ0v) is 19.5. The van der Waals surface area contributed by atoms with Crippen molar-refractivity contribution in [2.45, 2.75) is 83.5 Å². The van der Waals surface area contributed by atoms with Crippen LogP contribution in [0, 0.1) is 52.8 Å². The Labute approximate surface area is 193 Å². The Balaban J connectivity index is 1.20. The predicted octanol–water partition coefficient (Wildman–Crippen LogP) is 5.35. The quantitative estimate of drug-likeness (QED) is 0.656. The van der Waals surface area contributed by atoms with Gasteiger partial charge in [0.05, 0.1) is 23.9 Å². The van der Waals surface area contributed by atoms with E-state index in [4.69, 9.17) is 0 Å². The second kappa shape index (κ2) is 7.08. The van der Waals surface area contributed by atoms with E-state index in [0.29, 0.717) is 41.4 Å². The van der Waals surface area contributed by atoms with Gasteiger partial charge in [0.15, 0.2) is 5.78 Å². The molecular weight excluding hydrogens is 429 g/mol. The van der Waals surface area contributed by atoms with Crippen LogP contribution in [0.4, 0.5) is 13.2 Å². The van der Waals surface area contributed by atoms with E-state index in [0.717, 1.165) is 50.9 Å². The van der Waals surface area contributed by atoms with Gasteiger partial charge in [-0.15, -0.1) is 0 Å². The molecule has 7 heteroatoms. The van der Waals surface area contributed by atoms with Gasteiger partial charge in [0, 0.05) is 12.1 Å². The Morgan fingerprint density at radius 3 is 2.58 bits per heavy atom. The van der Waals surface area contributed by atoms with Crippen LogP contribution in [0.25, 0.3) is 0 Å². The van der Waals surface area contributed by atoms with Crippen LogP contribution in [0.15, 0.2) is 12.4 Å². The number of rotatable bonds is 3. The summed E-state index contributed by atoms with van der Waals surface area (Å²) in [6.07, 6.45) is 6.02. The SMILES string of the molecule is C[C@@]1(O)CC[C@H]2[C@H](CC[C@H]3C4[C@@H]5C[C@@H]5[C@H](C(=O)Cn5cc(C(F)(F)F)cn5)[C@@]4(C)CC[C@H]23)C1. The molecule has 1 heterocycles. The Morgan fingerprint density at radius 1 is 1.09 bits per heavy atom. The van der Waals surface area contributed by atoms with Crippen molar-refractivity contribution >= 4 is 5.78 Å². The summed E-state index contributed by atoms with van der Waals surface area (Å²) in [6.45, 7) is 4.25. The van der Waals surface area contributed by atoms with Gasteiger partial charge in [-0.05, 0) is 105 Å². The van der Waals surface area contributed by atoms with Crippen LogP contribution in [0.2, 0.25) is 0 Å². The van der Waals surface area contributed by atoms with Crippen molar-refractivity contribution in [3.8, 4) is 0 Å². The average Bonchev–Trinajstić information content (AvgIpc) is 3.20. The van der Waals surface area contributed by atoms with Crippen molar-refractivity contribution in [3.05, 3.63) is 18.0 Å². The van der Waals surface area contributed by atoms with E-state index in [1.54, 1.807) is 0 Å². The minimum absolute atomic E-state index is 0.0289. The molecule has 5 aliphatic carbocycles. The molecule has 1 aromatic rings. The molecule has 182 valence electrons. The fourth-order valence-electron chi connectivity index (χ4n) is 9.51. The summed E-state index contributed by atoms with van der Waals surface area (Å²) in [7, 11) is 0. The highest BCUT2D eigenvalue weighted by Gasteiger charge is 2.70. The first-order valence-corrected chi connectivity index (χ1v) is 12.8. The number of aliphatic hydroxyl groups is 1. The van der Waals surface area contributed by atoms with Crippen molar-refractivity contribution in [2.75, 3.05) is 0 Å². The predicted molar refractivity (Wildman–Crippen MR) is 116 cm³/mol. The van der Waals surface area contributed by atoms with Crippen molar-refractivity contribution in [2.24, 2.45) is 52.8 Å². The molecule has 5 fully saturated rings. The zero-order valence-electron chi connectivity index (χ0n) is 19.5. The molecule has 6 rings (SSSR count). The lowest BCUT2D eigenvalue weighted by Crippen LogP contribution is -2.52. The summed E-state index contributed by atoms with van der Waals surface area (Å²) in [4.78, 5) is 13.5. The second-order valence-electron chi connectivity index (χ2n) is 12.6. The minimum atomic E-state index is -4.43. The van der Waals surface area contributed by atoms with Crippen LogP contribution in [0.1, 0.15) is 70.8 Å². The summed E-state index contributed by atoms with van der Waals surface area (Å²) < 4.78 is 40.1. The molecule has 0 radical (unpaired) electrons. The standard InChI is InChI=1S/C26H35F3N2O2/c1-24(33)7-5-16-14(10-24)3-4-18-17(16)6-8-25(2)22(18)19-9-20(19)23(25)21(32)13-31-12-15(11-30-31)26(27,28)29/h11-12,14,16-20,22-23,33H,3-10,13H2,1-2H3/t14-,16+,17-,18-,19-,20+,22?,23-,24-,25+/m1/s1. The molecule has 0 aliphatic heterocycles. The molecule has 0 saturated heterocycles. The average molecular weight is 465 g/mol. The van der Waals surface area contributed by atoms with Gasteiger partial charge < -0.3 is 5.11 Å². The molecule has 0 amide bonds. The van der Waals surface area contributed by atoms with Gasteiger partial charge >= 0.3 is 6.18 Å². The van der Waals surface area contributed by atoms with Gasteiger partial charge in [0.2, 0.25) is 0 Å². The molecule has 1 unspecified atom stereocenters. The smallest absolute Gasteiger partial charge is 0.390 e. The molecule has 4 nitrogen and oxygen atoms in total. The van der Waals surface area contributed by atoms with E-state index < -0.39 is 17.3 Å². The lowest BCUT2D eigenvalue weighted by atomic mass is 9.48. The number of carbonyl (C=O) groups is 1. The third kappa shape index (κ3) is 3.42. The van der Waals surface area contributed by atoms with E-state index >= 15 is 0 Å². The molecule has 0 spiro atoms. The van der Waals surface area contributed by atoms with Crippen molar-refractivity contribution < 1.29 is 23.1 Å². The lowest BCUT2D eigenvalue weighted by Gasteiger charge is -2.57. The van der Waals surface area contributed by atoms with E-state index in [9.17, 15) is 23.1 Å².